The quantitative estimate of drug-likeness (QED) is 0.392. The lowest BCUT2D eigenvalue weighted by atomic mass is 10.2. The predicted molar refractivity (Wildman–Crippen MR) is 101 cm³/mol. The Balaban J connectivity index is 1.76. The molecule has 1 heterocycles. The van der Waals surface area contributed by atoms with Crippen molar-refractivity contribution in [1.29, 1.82) is 0 Å². The molecule has 0 spiro atoms. The molecule has 0 amide bonds. The Morgan fingerprint density at radius 2 is 1.59 bits per heavy atom. The second kappa shape index (κ2) is 7.00. The van der Waals surface area contributed by atoms with Gasteiger partial charge in [-0.3, -0.25) is 14.9 Å². The minimum Gasteiger partial charge on any atom is -0.267 e. The molecule has 4 aromatic rings. The van der Waals surface area contributed by atoms with Crippen LogP contribution in [-0.2, 0) is 0 Å². The predicted octanol–water partition coefficient (Wildman–Crippen LogP) is 4.18. The van der Waals surface area contributed by atoms with E-state index in [1.54, 1.807) is 54.6 Å². The molecule has 7 nitrogen and oxygen atoms in total. The highest BCUT2D eigenvalue weighted by atomic mass is 32.2. The highest BCUT2D eigenvalue weighted by Gasteiger charge is 2.20. The van der Waals surface area contributed by atoms with Gasteiger partial charge in [0.05, 0.1) is 20.9 Å². The van der Waals surface area contributed by atoms with Crippen LogP contribution in [0, 0.1) is 10.1 Å². The fourth-order valence-corrected chi connectivity index (χ4v) is 3.72. The summed E-state index contributed by atoms with van der Waals surface area (Å²) in [6, 6.07) is 20.6. The number of aromatic nitrogens is 3. The Morgan fingerprint density at radius 3 is 2.41 bits per heavy atom. The molecule has 0 saturated carbocycles. The molecule has 0 aliphatic carbocycles. The van der Waals surface area contributed by atoms with Crippen LogP contribution in [0.2, 0.25) is 0 Å². The van der Waals surface area contributed by atoms with Gasteiger partial charge in [-0.05, 0) is 30.3 Å². The number of benzene rings is 3. The van der Waals surface area contributed by atoms with Gasteiger partial charge in [-0.1, -0.05) is 53.4 Å². The summed E-state index contributed by atoms with van der Waals surface area (Å²) >= 11 is 1.18. The van der Waals surface area contributed by atoms with Crippen LogP contribution in [0.4, 0.5) is 5.69 Å². The van der Waals surface area contributed by atoms with E-state index in [9.17, 15) is 14.9 Å². The molecule has 3 aromatic carbocycles. The van der Waals surface area contributed by atoms with Crippen molar-refractivity contribution in [2.45, 2.75) is 9.79 Å². The maximum atomic E-state index is 13.1. The largest absolute Gasteiger partial charge is 0.283 e. The van der Waals surface area contributed by atoms with Gasteiger partial charge >= 0.3 is 0 Å². The fraction of sp³-hybridized carbons (Fsp3) is 0. The third kappa shape index (κ3) is 3.18. The Labute approximate surface area is 157 Å². The van der Waals surface area contributed by atoms with Crippen molar-refractivity contribution in [3.63, 3.8) is 0 Å². The van der Waals surface area contributed by atoms with Crippen LogP contribution in [-0.4, -0.2) is 25.8 Å². The molecule has 0 fully saturated rings. The third-order valence-corrected chi connectivity index (χ3v) is 5.08. The minimum absolute atomic E-state index is 0.00374. The van der Waals surface area contributed by atoms with Crippen LogP contribution in [0.5, 0.6) is 0 Å². The molecule has 0 N–H and O–H groups in total. The summed E-state index contributed by atoms with van der Waals surface area (Å²) in [7, 11) is 0. The van der Waals surface area contributed by atoms with Crippen LogP contribution < -0.4 is 0 Å². The van der Waals surface area contributed by atoms with Crippen molar-refractivity contribution < 1.29 is 9.72 Å². The van der Waals surface area contributed by atoms with Gasteiger partial charge in [-0.2, -0.15) is 4.68 Å². The SMILES string of the molecule is O=C(c1ccccc1Sc1ccccc1[N+](=O)[O-])n1nnc2ccccc21. The first-order valence-electron chi connectivity index (χ1n) is 8.00. The monoisotopic (exact) mass is 376 g/mol. The lowest BCUT2D eigenvalue weighted by Gasteiger charge is -2.08. The average molecular weight is 376 g/mol. The first-order chi connectivity index (χ1) is 13.1. The van der Waals surface area contributed by atoms with Crippen molar-refractivity contribution in [2.75, 3.05) is 0 Å². The maximum Gasteiger partial charge on any atom is 0.283 e. The molecule has 132 valence electrons. The number of rotatable bonds is 4. The van der Waals surface area contributed by atoms with Gasteiger partial charge < -0.3 is 0 Å². The average Bonchev–Trinajstić information content (AvgIpc) is 3.12. The molecule has 0 radical (unpaired) electrons. The van der Waals surface area contributed by atoms with E-state index in [1.165, 1.54) is 22.5 Å². The molecule has 0 aliphatic heterocycles. The summed E-state index contributed by atoms with van der Waals surface area (Å²) in [5, 5.41) is 19.2. The number of nitro benzene ring substituents is 1. The number of fused-ring (bicyclic) bond motifs is 1. The Morgan fingerprint density at radius 1 is 0.926 bits per heavy atom. The van der Waals surface area contributed by atoms with Gasteiger partial charge in [0.25, 0.3) is 11.6 Å². The summed E-state index contributed by atoms with van der Waals surface area (Å²) in [5.74, 6) is -0.342. The van der Waals surface area contributed by atoms with E-state index in [0.717, 1.165) is 0 Å². The highest BCUT2D eigenvalue weighted by Crippen LogP contribution is 2.36. The summed E-state index contributed by atoms with van der Waals surface area (Å²) in [6.07, 6.45) is 0. The molecule has 27 heavy (non-hydrogen) atoms. The molecule has 0 unspecified atom stereocenters. The molecule has 0 bridgehead atoms. The standard InChI is InChI=1S/C19H12N4O3S/c24-19(22-15-9-3-2-8-14(15)20-21-22)13-7-1-5-11-17(13)27-18-12-6-4-10-16(18)23(25)26/h1-12H. The first-order valence-corrected chi connectivity index (χ1v) is 8.82. The van der Waals surface area contributed by atoms with Gasteiger partial charge in [-0.25, -0.2) is 0 Å². The van der Waals surface area contributed by atoms with E-state index < -0.39 is 4.92 Å². The number of hydrogen-bond acceptors (Lipinski definition) is 6. The topological polar surface area (TPSA) is 90.9 Å². The zero-order valence-electron chi connectivity index (χ0n) is 13.9. The van der Waals surface area contributed by atoms with Gasteiger partial charge in [0.2, 0.25) is 0 Å². The second-order valence-corrected chi connectivity index (χ2v) is 6.70. The zero-order valence-corrected chi connectivity index (χ0v) is 14.7. The molecule has 4 rings (SSSR count). The summed E-state index contributed by atoms with van der Waals surface area (Å²) in [5.41, 5.74) is 1.62. The number of para-hydroxylation sites is 2. The fourth-order valence-electron chi connectivity index (χ4n) is 2.68. The molecule has 0 atom stereocenters. The molecular weight excluding hydrogens is 364 g/mol. The van der Waals surface area contributed by atoms with Crippen LogP contribution in [0.15, 0.2) is 82.6 Å². The van der Waals surface area contributed by atoms with E-state index in [4.69, 9.17) is 0 Å². The van der Waals surface area contributed by atoms with Crippen LogP contribution >= 0.6 is 11.8 Å². The van der Waals surface area contributed by atoms with Crippen molar-refractivity contribution in [3.8, 4) is 0 Å². The summed E-state index contributed by atoms with van der Waals surface area (Å²) in [4.78, 5) is 25.0. The lowest BCUT2D eigenvalue weighted by Crippen LogP contribution is -2.14. The van der Waals surface area contributed by atoms with Crippen molar-refractivity contribution in [3.05, 3.63) is 88.5 Å². The lowest BCUT2D eigenvalue weighted by molar-refractivity contribution is -0.387. The Bertz CT molecular complexity index is 1170. The van der Waals surface area contributed by atoms with E-state index in [-0.39, 0.29) is 11.6 Å². The van der Waals surface area contributed by atoms with E-state index >= 15 is 0 Å². The minimum atomic E-state index is -0.433. The second-order valence-electron chi connectivity index (χ2n) is 5.62. The van der Waals surface area contributed by atoms with E-state index in [0.29, 0.717) is 26.4 Å². The summed E-state index contributed by atoms with van der Waals surface area (Å²) < 4.78 is 1.24. The van der Waals surface area contributed by atoms with Crippen molar-refractivity contribution in [2.24, 2.45) is 0 Å². The molecule has 0 aliphatic rings. The van der Waals surface area contributed by atoms with Crippen LogP contribution in [0.3, 0.4) is 0 Å². The summed E-state index contributed by atoms with van der Waals surface area (Å²) in [6.45, 7) is 0. The Hall–Kier alpha value is -3.52. The van der Waals surface area contributed by atoms with Gasteiger partial charge in [0, 0.05) is 11.0 Å². The first kappa shape index (κ1) is 16.9. The third-order valence-electron chi connectivity index (χ3n) is 3.94. The molecule has 8 heteroatoms. The van der Waals surface area contributed by atoms with Gasteiger partial charge in [-0.15, -0.1) is 5.10 Å². The normalized spacial score (nSPS) is 10.8. The maximum absolute atomic E-state index is 13.1. The van der Waals surface area contributed by atoms with Gasteiger partial charge in [0.15, 0.2) is 0 Å². The van der Waals surface area contributed by atoms with Crippen molar-refractivity contribution >= 4 is 34.4 Å². The smallest absolute Gasteiger partial charge is 0.267 e. The van der Waals surface area contributed by atoms with E-state index in [1.807, 2.05) is 12.1 Å². The van der Waals surface area contributed by atoms with Crippen LogP contribution in [0.25, 0.3) is 11.0 Å². The molecule has 0 saturated heterocycles. The van der Waals surface area contributed by atoms with E-state index in [2.05, 4.69) is 10.3 Å². The van der Waals surface area contributed by atoms with Gasteiger partial charge in [0.1, 0.15) is 5.52 Å². The number of hydrogen-bond donors (Lipinski definition) is 0. The number of nitrogens with zero attached hydrogens (tertiary/aromatic N) is 4. The van der Waals surface area contributed by atoms with Crippen LogP contribution in [0.1, 0.15) is 10.4 Å². The van der Waals surface area contributed by atoms with Crippen molar-refractivity contribution in [1.82, 2.24) is 15.0 Å². The zero-order chi connectivity index (χ0) is 18.8. The molecule has 1 aromatic heterocycles. The number of nitro groups is 1. The number of carbonyl (C=O) groups is 1. The molecular formula is C19H12N4O3S. The number of carbonyl (C=O) groups excluding carboxylic acids is 1. The Kier molecular flexibility index (Phi) is 4.39. The highest BCUT2D eigenvalue weighted by molar-refractivity contribution is 7.99.